The van der Waals surface area contributed by atoms with Gasteiger partial charge in [0, 0.05) is 7.05 Å². The maximum absolute atomic E-state index is 10.2. The van der Waals surface area contributed by atoms with Crippen molar-refractivity contribution in [3.63, 3.8) is 0 Å². The first-order valence-electron chi connectivity index (χ1n) is 4.44. The second-order valence-electron chi connectivity index (χ2n) is 2.82. The summed E-state index contributed by atoms with van der Waals surface area (Å²) < 4.78 is 4.97. The minimum Gasteiger partial charge on any atom is -0.482 e. The van der Waals surface area contributed by atoms with E-state index < -0.39 is 5.97 Å². The van der Waals surface area contributed by atoms with Crippen LogP contribution in [-0.2, 0) is 16.2 Å². The van der Waals surface area contributed by atoms with Crippen molar-refractivity contribution in [2.45, 2.75) is 6.61 Å². The number of hydrogen-bond donors (Lipinski definition) is 2. The molecule has 0 atom stereocenters. The zero-order valence-electron chi connectivity index (χ0n) is 8.40. The van der Waals surface area contributed by atoms with Gasteiger partial charge >= 0.3 is 5.97 Å². The van der Waals surface area contributed by atoms with Crippen LogP contribution in [0.5, 0.6) is 5.75 Å². The van der Waals surface area contributed by atoms with E-state index in [0.717, 1.165) is 5.56 Å². The first-order chi connectivity index (χ1) is 7.22. The smallest absolute Gasteiger partial charge is 0.341 e. The van der Waals surface area contributed by atoms with Gasteiger partial charge in [0.15, 0.2) is 6.61 Å². The van der Waals surface area contributed by atoms with Crippen LogP contribution < -0.4 is 10.2 Å². The van der Waals surface area contributed by atoms with Gasteiger partial charge in [0.2, 0.25) is 0 Å². The molecular weight excluding hydrogens is 198 g/mol. The average molecular weight is 211 g/mol. The number of aliphatic carboxylic acids is 1. The molecule has 2 N–H and O–H groups in total. The van der Waals surface area contributed by atoms with Gasteiger partial charge in [-0.2, -0.15) is 0 Å². The van der Waals surface area contributed by atoms with E-state index in [9.17, 15) is 4.79 Å². The topological polar surface area (TPSA) is 67.8 Å². The molecule has 0 saturated heterocycles. The maximum atomic E-state index is 10.2. The van der Waals surface area contributed by atoms with E-state index in [0.29, 0.717) is 12.4 Å². The second kappa shape index (κ2) is 6.00. The van der Waals surface area contributed by atoms with Crippen LogP contribution in [0.15, 0.2) is 24.3 Å². The van der Waals surface area contributed by atoms with Gasteiger partial charge in [0.05, 0.1) is 6.61 Å². The van der Waals surface area contributed by atoms with Gasteiger partial charge in [-0.1, -0.05) is 12.1 Å². The molecule has 0 saturated carbocycles. The van der Waals surface area contributed by atoms with Crippen LogP contribution in [0.3, 0.4) is 0 Å². The summed E-state index contributed by atoms with van der Waals surface area (Å²) in [4.78, 5) is 15.2. The Kier molecular flexibility index (Phi) is 4.59. The Morgan fingerprint density at radius 2 is 2.07 bits per heavy atom. The van der Waals surface area contributed by atoms with Gasteiger partial charge in [-0.15, -0.1) is 0 Å². The van der Waals surface area contributed by atoms with E-state index in [2.05, 4.69) is 5.48 Å². The molecule has 0 amide bonds. The van der Waals surface area contributed by atoms with Crippen LogP contribution in [0.4, 0.5) is 0 Å². The normalized spacial score (nSPS) is 9.93. The van der Waals surface area contributed by atoms with Crippen LogP contribution >= 0.6 is 0 Å². The highest BCUT2D eigenvalue weighted by Gasteiger charge is 1.99. The summed E-state index contributed by atoms with van der Waals surface area (Å²) in [7, 11) is 1.68. The molecule has 0 radical (unpaired) electrons. The lowest BCUT2D eigenvalue weighted by Crippen LogP contribution is -2.09. The van der Waals surface area contributed by atoms with Gasteiger partial charge in [-0.25, -0.2) is 10.3 Å². The molecule has 1 aromatic carbocycles. The molecule has 0 unspecified atom stereocenters. The van der Waals surface area contributed by atoms with Crippen LogP contribution in [0.2, 0.25) is 0 Å². The van der Waals surface area contributed by atoms with E-state index in [1.807, 2.05) is 12.1 Å². The molecule has 0 spiro atoms. The Labute approximate surface area is 87.6 Å². The molecule has 0 bridgehead atoms. The van der Waals surface area contributed by atoms with Crippen LogP contribution in [-0.4, -0.2) is 24.7 Å². The molecular formula is C10H13NO4. The van der Waals surface area contributed by atoms with E-state index in [1.54, 1.807) is 19.2 Å². The van der Waals surface area contributed by atoms with Crippen molar-refractivity contribution in [1.29, 1.82) is 0 Å². The number of carbonyl (C=O) groups is 1. The maximum Gasteiger partial charge on any atom is 0.341 e. The lowest BCUT2D eigenvalue weighted by Gasteiger charge is -2.05. The number of nitrogens with one attached hydrogen (secondary N) is 1. The first-order valence-corrected chi connectivity index (χ1v) is 4.44. The van der Waals surface area contributed by atoms with Crippen molar-refractivity contribution < 1.29 is 19.5 Å². The monoisotopic (exact) mass is 211 g/mol. The summed E-state index contributed by atoms with van der Waals surface area (Å²) in [6.07, 6.45) is 0. The van der Waals surface area contributed by atoms with Crippen LogP contribution in [0.1, 0.15) is 5.56 Å². The van der Waals surface area contributed by atoms with Crippen molar-refractivity contribution in [1.82, 2.24) is 5.48 Å². The third-order valence-electron chi connectivity index (χ3n) is 1.67. The van der Waals surface area contributed by atoms with Gasteiger partial charge in [-0.05, 0) is 17.7 Å². The third kappa shape index (κ3) is 4.44. The molecule has 1 rings (SSSR count). The van der Waals surface area contributed by atoms with E-state index in [-0.39, 0.29) is 6.61 Å². The molecule has 0 aromatic heterocycles. The van der Waals surface area contributed by atoms with Crippen LogP contribution in [0.25, 0.3) is 0 Å². The number of carboxylic acids is 1. The zero-order valence-corrected chi connectivity index (χ0v) is 8.40. The minimum absolute atomic E-state index is 0.327. The number of hydrogen-bond acceptors (Lipinski definition) is 4. The van der Waals surface area contributed by atoms with Crippen molar-refractivity contribution in [2.75, 3.05) is 13.7 Å². The third-order valence-corrected chi connectivity index (χ3v) is 1.67. The number of ether oxygens (including phenoxy) is 1. The summed E-state index contributed by atoms with van der Waals surface area (Å²) in [6.45, 7) is 0.127. The number of hydroxylamine groups is 1. The summed E-state index contributed by atoms with van der Waals surface area (Å²) in [5.41, 5.74) is 3.54. The highest BCUT2D eigenvalue weighted by molar-refractivity contribution is 5.68. The highest BCUT2D eigenvalue weighted by Crippen LogP contribution is 2.12. The summed E-state index contributed by atoms with van der Waals surface area (Å²) in [5, 5.41) is 8.39. The molecule has 0 fully saturated rings. The van der Waals surface area contributed by atoms with E-state index >= 15 is 0 Å². The molecule has 15 heavy (non-hydrogen) atoms. The van der Waals surface area contributed by atoms with Crippen molar-refractivity contribution in [3.05, 3.63) is 29.8 Å². The second-order valence-corrected chi connectivity index (χ2v) is 2.82. The number of rotatable bonds is 6. The number of benzene rings is 1. The summed E-state index contributed by atoms with van der Waals surface area (Å²) in [6, 6.07) is 7.04. The average Bonchev–Trinajstić information content (AvgIpc) is 2.25. The summed E-state index contributed by atoms with van der Waals surface area (Å²) in [5.74, 6) is -0.455. The zero-order chi connectivity index (χ0) is 11.1. The molecule has 0 heterocycles. The SMILES string of the molecule is CNOCc1ccc(OCC(=O)O)cc1. The Hall–Kier alpha value is -1.59. The quantitative estimate of drug-likeness (QED) is 0.681. The van der Waals surface area contributed by atoms with Crippen LogP contribution in [0, 0.1) is 0 Å². The Morgan fingerprint density at radius 3 is 2.60 bits per heavy atom. The molecule has 5 heteroatoms. The fraction of sp³-hybridized carbons (Fsp3) is 0.300. The predicted molar refractivity (Wildman–Crippen MR) is 53.4 cm³/mol. The van der Waals surface area contributed by atoms with Crippen molar-refractivity contribution in [3.8, 4) is 5.75 Å². The van der Waals surface area contributed by atoms with Gasteiger partial charge in [-0.3, -0.25) is 4.84 Å². The predicted octanol–water partition coefficient (Wildman–Crippen LogP) is 0.801. The molecule has 1 aromatic rings. The molecule has 5 nitrogen and oxygen atoms in total. The first kappa shape index (κ1) is 11.5. The van der Waals surface area contributed by atoms with Crippen molar-refractivity contribution in [2.24, 2.45) is 0 Å². The Morgan fingerprint density at radius 1 is 1.40 bits per heavy atom. The van der Waals surface area contributed by atoms with E-state index in [1.165, 1.54) is 0 Å². The minimum atomic E-state index is -0.988. The lowest BCUT2D eigenvalue weighted by molar-refractivity contribution is -0.139. The highest BCUT2D eigenvalue weighted by atomic mass is 16.6. The molecule has 82 valence electrons. The molecule has 0 aliphatic carbocycles. The summed E-state index contributed by atoms with van der Waals surface area (Å²) >= 11 is 0. The molecule has 0 aliphatic rings. The standard InChI is InChI=1S/C10H13NO4/c1-11-15-6-8-2-4-9(5-3-8)14-7-10(12)13/h2-5,11H,6-7H2,1H3,(H,12,13). The Bertz CT molecular complexity index is 310. The number of carboxylic acid groups (broad SMARTS) is 1. The van der Waals surface area contributed by atoms with Crippen molar-refractivity contribution >= 4 is 5.97 Å². The van der Waals surface area contributed by atoms with Gasteiger partial charge in [0.1, 0.15) is 5.75 Å². The van der Waals surface area contributed by atoms with Gasteiger partial charge < -0.3 is 9.84 Å². The lowest BCUT2D eigenvalue weighted by atomic mass is 10.2. The Balaban J connectivity index is 2.45. The molecule has 0 aliphatic heterocycles. The van der Waals surface area contributed by atoms with Gasteiger partial charge in [0.25, 0.3) is 0 Å². The van der Waals surface area contributed by atoms with E-state index in [4.69, 9.17) is 14.7 Å². The fourth-order valence-electron chi connectivity index (χ4n) is 0.982. The fourth-order valence-corrected chi connectivity index (χ4v) is 0.982. The largest absolute Gasteiger partial charge is 0.482 e.